The quantitative estimate of drug-likeness (QED) is 0.107. The Bertz CT molecular complexity index is 683. The molecule has 0 atom stereocenters. The summed E-state index contributed by atoms with van der Waals surface area (Å²) in [7, 11) is -4.14. The number of hydrogen-bond donors (Lipinski definition) is 1. The van der Waals surface area contributed by atoms with Crippen molar-refractivity contribution in [2.75, 3.05) is 25.6 Å². The third kappa shape index (κ3) is 14.1. The topological polar surface area (TPSA) is 133 Å². The van der Waals surface area contributed by atoms with Crippen LogP contribution in [-0.2, 0) is 38.7 Å². The van der Waals surface area contributed by atoms with E-state index in [0.717, 1.165) is 0 Å². The molecule has 162 valence electrons. The van der Waals surface area contributed by atoms with Gasteiger partial charge in [-0.25, -0.2) is 9.59 Å². The van der Waals surface area contributed by atoms with E-state index in [1.807, 2.05) is 0 Å². The molecule has 0 amide bonds. The Labute approximate surface area is 214 Å². The summed E-state index contributed by atoms with van der Waals surface area (Å²) >= 11 is 0. The summed E-state index contributed by atoms with van der Waals surface area (Å²) in [4.78, 5) is 35.6. The molecule has 0 aromatic carbocycles. The second-order valence-corrected chi connectivity index (χ2v) is 8.18. The fraction of sp³-hybridized carbons (Fsp3) is 0.611. The molecule has 0 unspecified atom stereocenters. The van der Waals surface area contributed by atoms with Gasteiger partial charge in [0, 0.05) is 16.6 Å². The molecule has 0 aliphatic carbocycles. The van der Waals surface area contributed by atoms with Crippen LogP contribution in [0.5, 0.6) is 0 Å². The summed E-state index contributed by atoms with van der Waals surface area (Å²) in [5, 5.41) is 0. The van der Waals surface area contributed by atoms with Crippen molar-refractivity contribution in [3.63, 3.8) is 0 Å². The van der Waals surface area contributed by atoms with Gasteiger partial charge in [0.05, 0.1) is 18.8 Å². The van der Waals surface area contributed by atoms with E-state index in [-0.39, 0.29) is 95.2 Å². The number of carbonyl (C=O) groups is 3. The van der Waals surface area contributed by atoms with Gasteiger partial charge in [-0.2, -0.15) is 8.42 Å². The first-order valence-corrected chi connectivity index (χ1v) is 10.2. The predicted octanol–water partition coefficient (Wildman–Crippen LogP) is 1.18. The van der Waals surface area contributed by atoms with Crippen molar-refractivity contribution in [3.05, 3.63) is 24.3 Å². The molecule has 1 N–H and O–H groups in total. The zero-order valence-corrected chi connectivity index (χ0v) is 17.3. The molecule has 0 aliphatic rings. The van der Waals surface area contributed by atoms with E-state index in [2.05, 4.69) is 13.2 Å². The second-order valence-electron chi connectivity index (χ2n) is 6.60. The molecule has 0 spiro atoms. The number of esters is 3. The number of hydrogen-bond acceptors (Lipinski definition) is 8. The van der Waals surface area contributed by atoms with Crippen molar-refractivity contribution >= 4 is 79.4 Å². The van der Waals surface area contributed by atoms with Crippen molar-refractivity contribution < 1.29 is 41.6 Å². The zero-order valence-electron chi connectivity index (χ0n) is 16.5. The molecule has 0 aromatic rings. The van der Waals surface area contributed by atoms with Crippen LogP contribution in [0.15, 0.2) is 24.3 Å². The summed E-state index contributed by atoms with van der Waals surface area (Å²) in [6.07, 6.45) is 0.0152. The first-order valence-electron chi connectivity index (χ1n) is 8.58. The van der Waals surface area contributed by atoms with Crippen molar-refractivity contribution in [1.29, 1.82) is 0 Å². The molecule has 0 bridgehead atoms. The van der Waals surface area contributed by atoms with Gasteiger partial charge in [0.15, 0.2) is 0 Å². The van der Waals surface area contributed by atoms with Crippen molar-refractivity contribution in [1.82, 2.24) is 0 Å². The third-order valence-electron chi connectivity index (χ3n) is 3.79. The molecule has 0 saturated heterocycles. The molecular formula is C18H29KO9S. The number of rotatable bonds is 13. The zero-order chi connectivity index (χ0) is 22.0. The third-order valence-corrected chi connectivity index (χ3v) is 4.60. The van der Waals surface area contributed by atoms with Crippen LogP contribution in [0, 0.1) is 5.41 Å². The van der Waals surface area contributed by atoms with Crippen LogP contribution in [-0.4, -0.2) is 108 Å². The standard InChI is InChI=1S/C18H28O9S.K.H/c1-6-18(11-26-16(20)13(2)3,12-27-17(21)14(4)5)10-15(19)25-8-7-9-28(22,23)24;;/h2,4,6-12H2,1,3,5H3,(H,22,23,24);;. The molecule has 29 heavy (non-hydrogen) atoms. The van der Waals surface area contributed by atoms with Gasteiger partial charge in [-0.15, -0.1) is 0 Å². The molecule has 9 nitrogen and oxygen atoms in total. The minimum absolute atomic E-state index is 0. The Morgan fingerprint density at radius 2 is 1.41 bits per heavy atom. The molecule has 0 fully saturated rings. The van der Waals surface area contributed by atoms with Gasteiger partial charge in [-0.1, -0.05) is 20.1 Å². The average Bonchev–Trinajstić information content (AvgIpc) is 2.59. The van der Waals surface area contributed by atoms with Gasteiger partial charge in [0.25, 0.3) is 10.1 Å². The van der Waals surface area contributed by atoms with E-state index in [1.165, 1.54) is 13.8 Å². The Morgan fingerprint density at radius 3 is 1.76 bits per heavy atom. The fourth-order valence-electron chi connectivity index (χ4n) is 1.94. The first-order chi connectivity index (χ1) is 12.8. The van der Waals surface area contributed by atoms with E-state index >= 15 is 0 Å². The summed E-state index contributed by atoms with van der Waals surface area (Å²) in [6.45, 7) is 11.0. The Balaban J connectivity index is 0. The van der Waals surface area contributed by atoms with Crippen LogP contribution >= 0.6 is 0 Å². The van der Waals surface area contributed by atoms with Gasteiger partial charge in [0.1, 0.15) is 13.2 Å². The second kappa shape index (κ2) is 14.4. The van der Waals surface area contributed by atoms with E-state index < -0.39 is 39.2 Å². The van der Waals surface area contributed by atoms with Gasteiger partial charge in [-0.3, -0.25) is 9.35 Å². The van der Waals surface area contributed by atoms with Crippen LogP contribution in [0.25, 0.3) is 0 Å². The normalized spacial score (nSPS) is 11.0. The molecule has 0 aliphatic heterocycles. The molecular weight excluding hydrogens is 431 g/mol. The summed E-state index contributed by atoms with van der Waals surface area (Å²) < 4.78 is 45.3. The Morgan fingerprint density at radius 1 is 0.966 bits per heavy atom. The number of carbonyl (C=O) groups excluding carboxylic acids is 3. The monoisotopic (exact) mass is 460 g/mol. The first kappa shape index (κ1) is 30.6. The molecule has 0 aromatic heterocycles. The van der Waals surface area contributed by atoms with Gasteiger partial charge in [0.2, 0.25) is 0 Å². The molecule has 0 heterocycles. The van der Waals surface area contributed by atoms with Crippen LogP contribution in [0.4, 0.5) is 0 Å². The van der Waals surface area contributed by atoms with E-state index in [0.29, 0.717) is 6.42 Å². The van der Waals surface area contributed by atoms with Crippen molar-refractivity contribution in [2.45, 2.75) is 40.0 Å². The van der Waals surface area contributed by atoms with Gasteiger partial charge >= 0.3 is 69.3 Å². The maximum atomic E-state index is 12.1. The summed E-state index contributed by atoms with van der Waals surface area (Å²) in [5.74, 6) is -2.52. The molecule has 0 saturated carbocycles. The summed E-state index contributed by atoms with van der Waals surface area (Å²) in [5.41, 5.74) is -0.676. The molecule has 11 heteroatoms. The Kier molecular flexibility index (Phi) is 15.3. The minimum atomic E-state index is -4.14. The maximum absolute atomic E-state index is 12.1. The SMILES string of the molecule is C=C(C)C(=O)OCC(CC)(COC(=O)C(=C)C)CC(=O)OCCCS(=O)(=O)O.[KH]. The van der Waals surface area contributed by atoms with Crippen LogP contribution < -0.4 is 0 Å². The Hall–Kier alpha value is -0.564. The summed E-state index contributed by atoms with van der Waals surface area (Å²) in [6, 6.07) is 0. The van der Waals surface area contributed by atoms with Gasteiger partial charge < -0.3 is 14.2 Å². The van der Waals surface area contributed by atoms with E-state index in [4.69, 9.17) is 18.8 Å². The van der Waals surface area contributed by atoms with Crippen molar-refractivity contribution in [3.8, 4) is 0 Å². The van der Waals surface area contributed by atoms with E-state index in [1.54, 1.807) is 6.92 Å². The number of ether oxygens (including phenoxy) is 3. The van der Waals surface area contributed by atoms with Crippen LogP contribution in [0.3, 0.4) is 0 Å². The fourth-order valence-corrected chi connectivity index (χ4v) is 2.42. The van der Waals surface area contributed by atoms with Crippen LogP contribution in [0.1, 0.15) is 40.0 Å². The van der Waals surface area contributed by atoms with Crippen molar-refractivity contribution in [2.24, 2.45) is 5.41 Å². The van der Waals surface area contributed by atoms with Gasteiger partial charge in [-0.05, 0) is 26.7 Å². The predicted molar refractivity (Wildman–Crippen MR) is 108 cm³/mol. The van der Waals surface area contributed by atoms with E-state index in [9.17, 15) is 22.8 Å². The molecule has 0 rings (SSSR count). The molecule has 0 radical (unpaired) electrons. The van der Waals surface area contributed by atoms with Crippen LogP contribution in [0.2, 0.25) is 0 Å². The average molecular weight is 461 g/mol.